The quantitative estimate of drug-likeness (QED) is 0.686. The van der Waals surface area contributed by atoms with Gasteiger partial charge in [0, 0.05) is 5.69 Å². The third kappa shape index (κ3) is 1.97. The number of rotatable bonds is 3. The molecule has 2 nitrogen and oxygen atoms in total. The van der Waals surface area contributed by atoms with E-state index in [-0.39, 0.29) is 0 Å². The number of nitrogens with zero attached hydrogens (tertiary/aromatic N) is 1. The number of aromatic nitrogens is 1. The van der Waals surface area contributed by atoms with Crippen molar-refractivity contribution in [3.8, 4) is 5.75 Å². The van der Waals surface area contributed by atoms with Crippen LogP contribution < -0.4 is 4.74 Å². The number of ether oxygens (including phenoxy) is 1. The molecule has 1 aromatic heterocycles. The topological polar surface area (TPSA) is 22.1 Å². The second kappa shape index (κ2) is 4.10. The highest BCUT2D eigenvalue weighted by molar-refractivity contribution is 5.29. The van der Waals surface area contributed by atoms with Gasteiger partial charge in [-0.15, -0.1) is 0 Å². The molecular weight excluding hydrogens is 150 g/mol. The molecule has 0 amide bonds. The molecule has 0 unspecified atom stereocenters. The number of hydrogen-bond donors (Lipinski definition) is 0. The minimum atomic E-state index is 0.706. The molecule has 0 aromatic carbocycles. The zero-order valence-corrected chi connectivity index (χ0v) is 7.92. The summed E-state index contributed by atoms with van der Waals surface area (Å²) >= 11 is 0. The molecule has 0 aliphatic rings. The maximum absolute atomic E-state index is 5.42. The van der Waals surface area contributed by atoms with Gasteiger partial charge in [-0.2, -0.15) is 0 Å². The highest BCUT2D eigenvalue weighted by Crippen LogP contribution is 2.16. The normalized spacial score (nSPS) is 9.92. The molecule has 66 valence electrons. The van der Waals surface area contributed by atoms with Gasteiger partial charge in [-0.3, -0.25) is 4.98 Å². The van der Waals surface area contributed by atoms with Crippen LogP contribution >= 0.6 is 0 Å². The molecule has 1 heterocycles. The first-order valence-electron chi connectivity index (χ1n) is 4.37. The largest absolute Gasteiger partial charge is 0.492 e. The smallest absolute Gasteiger partial charge is 0.140 e. The fraction of sp³-hybridized carbons (Fsp3) is 0.500. The lowest BCUT2D eigenvalue weighted by Gasteiger charge is -2.07. The van der Waals surface area contributed by atoms with Crippen molar-refractivity contribution >= 4 is 0 Å². The molecule has 2 heteroatoms. The average Bonchev–Trinajstić information content (AvgIpc) is 2.08. The Hall–Kier alpha value is -1.05. The van der Waals surface area contributed by atoms with Gasteiger partial charge in [0.05, 0.1) is 12.3 Å². The molecule has 0 atom stereocenters. The van der Waals surface area contributed by atoms with Gasteiger partial charge in [0.1, 0.15) is 5.75 Å². The maximum atomic E-state index is 5.42. The third-order valence-electron chi connectivity index (χ3n) is 1.71. The van der Waals surface area contributed by atoms with E-state index in [2.05, 4.69) is 11.9 Å². The number of pyridine rings is 1. The molecule has 1 rings (SSSR count). The molecule has 0 aliphatic heterocycles. The van der Waals surface area contributed by atoms with E-state index in [1.54, 1.807) is 0 Å². The van der Waals surface area contributed by atoms with Gasteiger partial charge in [-0.05, 0) is 32.4 Å². The summed E-state index contributed by atoms with van der Waals surface area (Å²) in [6.45, 7) is 6.77. The van der Waals surface area contributed by atoms with E-state index in [1.807, 2.05) is 26.0 Å². The molecule has 0 N–H and O–H groups in total. The Labute approximate surface area is 73.6 Å². The minimum Gasteiger partial charge on any atom is -0.492 e. The Morgan fingerprint density at radius 3 is 2.67 bits per heavy atom. The molecule has 0 saturated carbocycles. The summed E-state index contributed by atoms with van der Waals surface area (Å²) in [5.41, 5.74) is 2.10. The zero-order valence-electron chi connectivity index (χ0n) is 7.92. The summed E-state index contributed by atoms with van der Waals surface area (Å²) in [6.07, 6.45) is 0.928. The van der Waals surface area contributed by atoms with Gasteiger partial charge in [0.15, 0.2) is 0 Å². The summed E-state index contributed by atoms with van der Waals surface area (Å²) in [7, 11) is 0. The highest BCUT2D eigenvalue weighted by Gasteiger charge is 2.01. The zero-order chi connectivity index (χ0) is 8.97. The first-order chi connectivity index (χ1) is 5.77. The molecule has 0 bridgehead atoms. The predicted molar refractivity (Wildman–Crippen MR) is 49.5 cm³/mol. The molecule has 0 saturated heterocycles. The van der Waals surface area contributed by atoms with E-state index in [0.717, 1.165) is 23.6 Å². The van der Waals surface area contributed by atoms with Crippen molar-refractivity contribution in [2.75, 3.05) is 6.61 Å². The first kappa shape index (κ1) is 9.04. The Morgan fingerprint density at radius 2 is 2.08 bits per heavy atom. The van der Waals surface area contributed by atoms with Gasteiger partial charge in [0.25, 0.3) is 0 Å². The van der Waals surface area contributed by atoms with Crippen LogP contribution in [0.3, 0.4) is 0 Å². The van der Waals surface area contributed by atoms with Crippen molar-refractivity contribution in [2.24, 2.45) is 0 Å². The van der Waals surface area contributed by atoms with Crippen LogP contribution in [0.5, 0.6) is 5.75 Å². The second-order valence-electron chi connectivity index (χ2n) is 2.68. The predicted octanol–water partition coefficient (Wildman–Crippen LogP) is 2.35. The van der Waals surface area contributed by atoms with Gasteiger partial charge < -0.3 is 4.74 Å². The number of hydrogen-bond acceptors (Lipinski definition) is 2. The Bertz CT molecular complexity index is 258. The Balaban J connectivity index is 2.94. The van der Waals surface area contributed by atoms with Crippen molar-refractivity contribution in [2.45, 2.75) is 27.2 Å². The van der Waals surface area contributed by atoms with Crippen molar-refractivity contribution < 1.29 is 4.74 Å². The molecule has 12 heavy (non-hydrogen) atoms. The molecule has 0 spiro atoms. The van der Waals surface area contributed by atoms with Crippen molar-refractivity contribution in [3.63, 3.8) is 0 Å². The van der Waals surface area contributed by atoms with E-state index in [9.17, 15) is 0 Å². The Morgan fingerprint density at radius 1 is 1.33 bits per heavy atom. The van der Waals surface area contributed by atoms with Gasteiger partial charge in [0.2, 0.25) is 0 Å². The van der Waals surface area contributed by atoms with Crippen LogP contribution in [-0.2, 0) is 6.42 Å². The monoisotopic (exact) mass is 165 g/mol. The van der Waals surface area contributed by atoms with E-state index in [4.69, 9.17) is 4.74 Å². The first-order valence-corrected chi connectivity index (χ1v) is 4.37. The average molecular weight is 165 g/mol. The highest BCUT2D eigenvalue weighted by atomic mass is 16.5. The fourth-order valence-electron chi connectivity index (χ4n) is 1.14. The standard InChI is InChI=1S/C10H15NO/c1-4-9-10(12-5-2)7-6-8(3)11-9/h6-7H,4-5H2,1-3H3. The van der Waals surface area contributed by atoms with E-state index in [1.165, 1.54) is 0 Å². The number of aryl methyl sites for hydroxylation is 2. The Kier molecular flexibility index (Phi) is 3.09. The fourth-order valence-corrected chi connectivity index (χ4v) is 1.14. The molecule has 0 fully saturated rings. The van der Waals surface area contributed by atoms with Crippen LogP contribution in [0.25, 0.3) is 0 Å². The van der Waals surface area contributed by atoms with E-state index in [0.29, 0.717) is 6.61 Å². The lowest BCUT2D eigenvalue weighted by molar-refractivity contribution is 0.334. The van der Waals surface area contributed by atoms with Crippen LogP contribution in [0, 0.1) is 6.92 Å². The summed E-state index contributed by atoms with van der Waals surface area (Å²) in [5, 5.41) is 0. The van der Waals surface area contributed by atoms with Crippen LogP contribution in [0.4, 0.5) is 0 Å². The molecular formula is C10H15NO. The van der Waals surface area contributed by atoms with Crippen molar-refractivity contribution in [1.29, 1.82) is 0 Å². The summed E-state index contributed by atoms with van der Waals surface area (Å²) in [5.74, 6) is 0.922. The maximum Gasteiger partial charge on any atom is 0.140 e. The van der Waals surface area contributed by atoms with Crippen LogP contribution in [-0.4, -0.2) is 11.6 Å². The SMILES string of the molecule is CCOc1ccc(C)nc1CC. The lowest BCUT2D eigenvalue weighted by atomic mass is 10.2. The van der Waals surface area contributed by atoms with E-state index < -0.39 is 0 Å². The van der Waals surface area contributed by atoms with Gasteiger partial charge in [-0.25, -0.2) is 0 Å². The lowest BCUT2D eigenvalue weighted by Crippen LogP contribution is -1.99. The van der Waals surface area contributed by atoms with Gasteiger partial charge >= 0.3 is 0 Å². The minimum absolute atomic E-state index is 0.706. The third-order valence-corrected chi connectivity index (χ3v) is 1.71. The molecule has 1 aromatic rings. The van der Waals surface area contributed by atoms with Crippen LogP contribution in [0.15, 0.2) is 12.1 Å². The summed E-state index contributed by atoms with van der Waals surface area (Å²) < 4.78 is 5.42. The summed E-state index contributed by atoms with van der Waals surface area (Å²) in [6, 6.07) is 3.97. The van der Waals surface area contributed by atoms with Gasteiger partial charge in [-0.1, -0.05) is 6.92 Å². The molecule has 0 aliphatic carbocycles. The van der Waals surface area contributed by atoms with Crippen molar-refractivity contribution in [1.82, 2.24) is 4.98 Å². The van der Waals surface area contributed by atoms with E-state index >= 15 is 0 Å². The second-order valence-corrected chi connectivity index (χ2v) is 2.68. The van der Waals surface area contributed by atoms with Crippen LogP contribution in [0.2, 0.25) is 0 Å². The summed E-state index contributed by atoms with van der Waals surface area (Å²) in [4.78, 5) is 4.39. The van der Waals surface area contributed by atoms with Crippen LogP contribution in [0.1, 0.15) is 25.2 Å². The molecule has 0 radical (unpaired) electrons. The van der Waals surface area contributed by atoms with Crippen molar-refractivity contribution in [3.05, 3.63) is 23.5 Å².